The second kappa shape index (κ2) is 7.23. The highest BCUT2D eigenvalue weighted by Gasteiger charge is 2.20. The first-order valence-corrected chi connectivity index (χ1v) is 7.98. The maximum absolute atomic E-state index is 6.02. The number of hydrogen-bond acceptors (Lipinski definition) is 4. The topological polar surface area (TPSA) is 37.4 Å². The van der Waals surface area contributed by atoms with Crippen molar-refractivity contribution in [1.29, 1.82) is 0 Å². The lowest BCUT2D eigenvalue weighted by molar-refractivity contribution is 0.122. The van der Waals surface area contributed by atoms with Crippen LogP contribution in [0.15, 0.2) is 18.3 Å². The minimum absolute atomic E-state index is 0.0939. The minimum Gasteiger partial charge on any atom is -0.476 e. The number of likely N-dealkylation sites (tertiary alicyclic amines) is 1. The lowest BCUT2D eigenvalue weighted by atomic mass is 10.0. The van der Waals surface area contributed by atoms with E-state index in [0.717, 1.165) is 24.6 Å². The van der Waals surface area contributed by atoms with Crippen molar-refractivity contribution in [3.63, 3.8) is 0 Å². The van der Waals surface area contributed by atoms with E-state index in [4.69, 9.17) is 4.74 Å². The van der Waals surface area contributed by atoms with Crippen molar-refractivity contribution in [3.8, 4) is 5.88 Å². The molecule has 1 unspecified atom stereocenters. The number of hydrogen-bond donors (Lipinski definition) is 1. The molecule has 4 heteroatoms. The molecule has 0 aliphatic carbocycles. The molecule has 21 heavy (non-hydrogen) atoms. The largest absolute Gasteiger partial charge is 0.476 e. The molecular formula is C17H29N3O. The number of pyridine rings is 1. The molecule has 0 spiro atoms. The van der Waals surface area contributed by atoms with Crippen LogP contribution in [0.3, 0.4) is 0 Å². The lowest BCUT2D eigenvalue weighted by Gasteiger charge is -2.32. The first kappa shape index (κ1) is 16.2. The summed E-state index contributed by atoms with van der Waals surface area (Å²) in [4.78, 5) is 6.81. The molecule has 1 fully saturated rings. The van der Waals surface area contributed by atoms with Crippen molar-refractivity contribution in [2.45, 2.75) is 58.2 Å². The number of nitrogens with zero attached hydrogens (tertiary/aromatic N) is 2. The van der Waals surface area contributed by atoms with E-state index in [9.17, 15) is 0 Å². The second-order valence-corrected chi connectivity index (χ2v) is 7.01. The first-order valence-electron chi connectivity index (χ1n) is 7.98. The van der Waals surface area contributed by atoms with Crippen molar-refractivity contribution in [2.24, 2.45) is 0 Å². The average Bonchev–Trinajstić information content (AvgIpc) is 2.44. The Morgan fingerprint density at radius 3 is 2.90 bits per heavy atom. The van der Waals surface area contributed by atoms with Gasteiger partial charge >= 0.3 is 0 Å². The van der Waals surface area contributed by atoms with Gasteiger partial charge in [0.2, 0.25) is 5.88 Å². The van der Waals surface area contributed by atoms with Crippen LogP contribution < -0.4 is 10.1 Å². The Hall–Kier alpha value is -1.13. The van der Waals surface area contributed by atoms with E-state index in [1.807, 2.05) is 6.07 Å². The fourth-order valence-electron chi connectivity index (χ4n) is 2.58. The molecule has 2 heterocycles. The SMILES string of the molecule is CN1CCCCC1COc1ncccc1CNC(C)(C)C. The Morgan fingerprint density at radius 1 is 1.38 bits per heavy atom. The van der Waals surface area contributed by atoms with E-state index >= 15 is 0 Å². The molecule has 118 valence electrons. The summed E-state index contributed by atoms with van der Waals surface area (Å²) in [7, 11) is 2.19. The number of ether oxygens (including phenoxy) is 1. The van der Waals surface area contributed by atoms with E-state index in [1.54, 1.807) is 6.20 Å². The van der Waals surface area contributed by atoms with Crippen molar-refractivity contribution in [1.82, 2.24) is 15.2 Å². The molecule has 1 aromatic rings. The molecule has 4 nitrogen and oxygen atoms in total. The van der Waals surface area contributed by atoms with Gasteiger partial charge in [-0.2, -0.15) is 0 Å². The molecule has 0 saturated carbocycles. The molecule has 0 bridgehead atoms. The van der Waals surface area contributed by atoms with Crippen LogP contribution in [-0.2, 0) is 6.54 Å². The highest BCUT2D eigenvalue weighted by Crippen LogP contribution is 2.19. The van der Waals surface area contributed by atoms with Crippen LogP contribution in [0.25, 0.3) is 0 Å². The van der Waals surface area contributed by atoms with E-state index < -0.39 is 0 Å². The van der Waals surface area contributed by atoms with Crippen LogP contribution in [0.4, 0.5) is 0 Å². The van der Waals surface area contributed by atoms with Gasteiger partial charge in [0, 0.05) is 29.9 Å². The van der Waals surface area contributed by atoms with Crippen molar-refractivity contribution < 1.29 is 4.74 Å². The Bertz CT molecular complexity index is 442. The predicted octanol–water partition coefficient (Wildman–Crippen LogP) is 2.83. The predicted molar refractivity (Wildman–Crippen MR) is 86.6 cm³/mol. The lowest BCUT2D eigenvalue weighted by Crippen LogP contribution is -2.40. The molecule has 1 atom stereocenters. The number of rotatable bonds is 5. The summed E-state index contributed by atoms with van der Waals surface area (Å²) in [5, 5.41) is 3.49. The van der Waals surface area contributed by atoms with Crippen LogP contribution in [0.1, 0.15) is 45.6 Å². The normalized spacial score (nSPS) is 20.5. The van der Waals surface area contributed by atoms with Crippen LogP contribution in [-0.4, -0.2) is 41.7 Å². The van der Waals surface area contributed by atoms with Gasteiger partial charge in [0.15, 0.2) is 0 Å². The van der Waals surface area contributed by atoms with E-state index in [1.165, 1.54) is 25.8 Å². The summed E-state index contributed by atoms with van der Waals surface area (Å²) in [5.41, 5.74) is 1.22. The quantitative estimate of drug-likeness (QED) is 0.905. The zero-order valence-electron chi connectivity index (χ0n) is 13.9. The zero-order chi connectivity index (χ0) is 15.3. The summed E-state index contributed by atoms with van der Waals surface area (Å²) >= 11 is 0. The van der Waals surface area contributed by atoms with Crippen molar-refractivity contribution >= 4 is 0 Å². The second-order valence-electron chi connectivity index (χ2n) is 7.01. The molecule has 1 aliphatic rings. The number of piperidine rings is 1. The van der Waals surface area contributed by atoms with Crippen molar-refractivity contribution in [3.05, 3.63) is 23.9 Å². The molecule has 1 saturated heterocycles. The summed E-state index contributed by atoms with van der Waals surface area (Å²) in [6.45, 7) is 9.19. The van der Waals surface area contributed by atoms with Gasteiger partial charge in [-0.25, -0.2) is 4.98 Å². The molecule has 0 amide bonds. The van der Waals surface area contributed by atoms with Gasteiger partial charge in [0.05, 0.1) is 0 Å². The van der Waals surface area contributed by atoms with Gasteiger partial charge in [0.1, 0.15) is 6.61 Å². The first-order chi connectivity index (χ1) is 9.96. The number of aromatic nitrogens is 1. The molecule has 1 N–H and O–H groups in total. The van der Waals surface area contributed by atoms with Gasteiger partial charge in [-0.05, 0) is 53.3 Å². The highest BCUT2D eigenvalue weighted by molar-refractivity contribution is 5.25. The highest BCUT2D eigenvalue weighted by atomic mass is 16.5. The molecule has 1 aliphatic heterocycles. The van der Waals surface area contributed by atoms with E-state index in [2.05, 4.69) is 49.1 Å². The standard InChI is InChI=1S/C17H29N3O/c1-17(2,3)19-12-14-8-7-10-18-16(14)21-13-15-9-5-6-11-20(15)4/h7-8,10,15,19H,5-6,9,11-13H2,1-4H3. The monoisotopic (exact) mass is 291 g/mol. The van der Waals surface area contributed by atoms with Crippen LogP contribution in [0.5, 0.6) is 5.88 Å². The zero-order valence-corrected chi connectivity index (χ0v) is 13.9. The molecule has 2 rings (SSSR count). The Balaban J connectivity index is 1.93. The van der Waals surface area contributed by atoms with Gasteiger partial charge in [-0.15, -0.1) is 0 Å². The fourth-order valence-corrected chi connectivity index (χ4v) is 2.58. The third-order valence-corrected chi connectivity index (χ3v) is 3.99. The molecular weight excluding hydrogens is 262 g/mol. The maximum Gasteiger partial charge on any atom is 0.217 e. The van der Waals surface area contributed by atoms with E-state index in [0.29, 0.717) is 6.04 Å². The fraction of sp³-hybridized carbons (Fsp3) is 0.706. The third kappa shape index (κ3) is 5.29. The number of likely N-dealkylation sites (N-methyl/N-ethyl adjacent to an activating group) is 1. The van der Waals surface area contributed by atoms with Crippen molar-refractivity contribution in [2.75, 3.05) is 20.2 Å². The Labute approximate surface area is 128 Å². The molecule has 1 aromatic heterocycles. The van der Waals surface area contributed by atoms with Crippen LogP contribution in [0, 0.1) is 0 Å². The maximum atomic E-state index is 6.02. The van der Waals surface area contributed by atoms with E-state index in [-0.39, 0.29) is 5.54 Å². The Kier molecular flexibility index (Phi) is 5.59. The summed E-state index contributed by atoms with van der Waals surface area (Å²) in [5.74, 6) is 0.772. The molecule has 0 aromatic carbocycles. The summed E-state index contributed by atoms with van der Waals surface area (Å²) in [6, 6.07) is 4.58. The van der Waals surface area contributed by atoms with Crippen LogP contribution in [0.2, 0.25) is 0 Å². The van der Waals surface area contributed by atoms with Gasteiger partial charge in [0.25, 0.3) is 0 Å². The minimum atomic E-state index is 0.0939. The average molecular weight is 291 g/mol. The van der Waals surface area contributed by atoms with Gasteiger partial charge in [-0.1, -0.05) is 12.5 Å². The van der Waals surface area contributed by atoms with Crippen LogP contribution >= 0.6 is 0 Å². The van der Waals surface area contributed by atoms with Gasteiger partial charge in [-0.3, -0.25) is 0 Å². The smallest absolute Gasteiger partial charge is 0.217 e. The van der Waals surface area contributed by atoms with Gasteiger partial charge < -0.3 is 15.0 Å². The summed E-state index contributed by atoms with van der Waals surface area (Å²) in [6.07, 6.45) is 5.63. The third-order valence-electron chi connectivity index (χ3n) is 3.99. The molecule has 0 radical (unpaired) electrons. The number of nitrogens with one attached hydrogen (secondary N) is 1. The summed E-state index contributed by atoms with van der Waals surface area (Å²) < 4.78 is 6.02. The Morgan fingerprint density at radius 2 is 2.19 bits per heavy atom.